The van der Waals surface area contributed by atoms with Crippen LogP contribution in [-0.2, 0) is 4.79 Å². The lowest BCUT2D eigenvalue weighted by atomic mass is 10.0. The number of carboxylic acids is 1. The van der Waals surface area contributed by atoms with Crippen molar-refractivity contribution in [2.24, 2.45) is 11.8 Å². The Balaban J connectivity index is 4.05. The van der Waals surface area contributed by atoms with Crippen molar-refractivity contribution in [3.63, 3.8) is 0 Å². The molecule has 0 aliphatic carbocycles. The second kappa shape index (κ2) is 7.65. The Bertz CT molecular complexity index is 183. The van der Waals surface area contributed by atoms with Gasteiger partial charge in [0.1, 0.15) is 6.04 Å². The molecule has 0 aromatic carbocycles. The molecule has 0 rings (SSSR count). The smallest absolute Gasteiger partial charge is 0.322 e. The second-order valence-corrected chi connectivity index (χ2v) is 4.43. The number of carbonyl (C=O) groups is 1. The third-order valence-electron chi connectivity index (χ3n) is 2.40. The molecule has 4 heteroatoms. The fourth-order valence-electron chi connectivity index (χ4n) is 1.52. The highest BCUT2D eigenvalue weighted by Gasteiger charge is 2.23. The number of hydrazine groups is 1. The predicted molar refractivity (Wildman–Crippen MR) is 61.3 cm³/mol. The van der Waals surface area contributed by atoms with Crippen molar-refractivity contribution < 1.29 is 9.90 Å². The summed E-state index contributed by atoms with van der Waals surface area (Å²) in [6.07, 6.45) is 3.80. The summed E-state index contributed by atoms with van der Waals surface area (Å²) in [7, 11) is 0. The molecule has 0 spiro atoms. The lowest BCUT2D eigenvalue weighted by Gasteiger charge is -2.25. The summed E-state index contributed by atoms with van der Waals surface area (Å²) < 4.78 is 0. The maximum atomic E-state index is 11.0. The molecule has 0 bridgehead atoms. The molecule has 0 aromatic rings. The van der Waals surface area contributed by atoms with Gasteiger partial charge in [-0.25, -0.2) is 5.01 Å². The molecule has 0 saturated heterocycles. The fraction of sp³-hybridized carbons (Fsp3) is 0.909. The van der Waals surface area contributed by atoms with E-state index in [9.17, 15) is 4.79 Å². The van der Waals surface area contributed by atoms with E-state index in [1.807, 2.05) is 13.8 Å². The first-order chi connectivity index (χ1) is 6.99. The van der Waals surface area contributed by atoms with Gasteiger partial charge in [-0.1, -0.05) is 33.6 Å². The second-order valence-electron chi connectivity index (χ2n) is 4.43. The Hall–Kier alpha value is -0.610. The van der Waals surface area contributed by atoms with E-state index in [0.29, 0.717) is 18.9 Å². The van der Waals surface area contributed by atoms with E-state index < -0.39 is 12.0 Å². The molecular formula is C11H24N2O2. The van der Waals surface area contributed by atoms with Crippen LogP contribution in [0.25, 0.3) is 0 Å². The molecule has 15 heavy (non-hydrogen) atoms. The molecule has 0 aliphatic heterocycles. The summed E-state index contributed by atoms with van der Waals surface area (Å²) in [6.45, 7) is 6.80. The van der Waals surface area contributed by atoms with E-state index in [1.54, 1.807) is 0 Å². The summed E-state index contributed by atoms with van der Waals surface area (Å²) in [4.78, 5) is 11.0. The Kier molecular flexibility index (Phi) is 7.34. The van der Waals surface area contributed by atoms with Crippen LogP contribution < -0.4 is 5.84 Å². The van der Waals surface area contributed by atoms with Crippen molar-refractivity contribution in [2.75, 3.05) is 6.54 Å². The van der Waals surface area contributed by atoms with Crippen LogP contribution in [0.2, 0.25) is 0 Å². The molecule has 0 fully saturated rings. The first-order valence-electron chi connectivity index (χ1n) is 5.73. The van der Waals surface area contributed by atoms with Crippen LogP contribution in [0.3, 0.4) is 0 Å². The van der Waals surface area contributed by atoms with Gasteiger partial charge in [0.2, 0.25) is 0 Å². The van der Waals surface area contributed by atoms with Crippen molar-refractivity contribution in [1.82, 2.24) is 5.01 Å². The lowest BCUT2D eigenvalue weighted by molar-refractivity contribution is -0.144. The molecule has 90 valence electrons. The van der Waals surface area contributed by atoms with Gasteiger partial charge >= 0.3 is 5.97 Å². The number of rotatable bonds is 8. The normalized spacial score (nSPS) is 13.5. The zero-order chi connectivity index (χ0) is 11.8. The van der Waals surface area contributed by atoms with Gasteiger partial charge in [0.05, 0.1) is 0 Å². The fourth-order valence-corrected chi connectivity index (χ4v) is 1.52. The number of nitrogens with two attached hydrogens (primary N) is 1. The van der Waals surface area contributed by atoms with Crippen molar-refractivity contribution in [3.05, 3.63) is 0 Å². The molecule has 0 amide bonds. The van der Waals surface area contributed by atoms with Gasteiger partial charge in [0.25, 0.3) is 0 Å². The minimum absolute atomic E-state index is 0.350. The average molecular weight is 216 g/mol. The summed E-state index contributed by atoms with van der Waals surface area (Å²) >= 11 is 0. The average Bonchev–Trinajstić information content (AvgIpc) is 2.13. The van der Waals surface area contributed by atoms with Crippen LogP contribution >= 0.6 is 0 Å². The largest absolute Gasteiger partial charge is 0.480 e. The molecule has 1 unspecified atom stereocenters. The summed E-state index contributed by atoms with van der Waals surface area (Å²) in [6, 6.07) is -0.540. The summed E-state index contributed by atoms with van der Waals surface area (Å²) in [5.41, 5.74) is 0. The Morgan fingerprint density at radius 1 is 1.40 bits per heavy atom. The van der Waals surface area contributed by atoms with Crippen molar-refractivity contribution in [2.45, 2.75) is 52.5 Å². The molecule has 0 aliphatic rings. The highest BCUT2D eigenvalue weighted by molar-refractivity contribution is 5.73. The van der Waals surface area contributed by atoms with E-state index in [4.69, 9.17) is 10.9 Å². The molecule has 3 N–H and O–H groups in total. The first kappa shape index (κ1) is 14.4. The minimum Gasteiger partial charge on any atom is -0.480 e. The number of unbranched alkanes of at least 4 members (excludes halogenated alkanes) is 2. The standard InChI is InChI=1S/C11H24N2O2/c1-4-5-6-7-13(12)10(11(14)15)8-9(2)3/h9-10H,4-8,12H2,1-3H3,(H,14,15). The first-order valence-corrected chi connectivity index (χ1v) is 5.73. The van der Waals surface area contributed by atoms with Crippen LogP contribution in [0.4, 0.5) is 0 Å². The highest BCUT2D eigenvalue weighted by atomic mass is 16.4. The zero-order valence-electron chi connectivity index (χ0n) is 10.1. The Morgan fingerprint density at radius 3 is 2.40 bits per heavy atom. The van der Waals surface area contributed by atoms with E-state index in [-0.39, 0.29) is 0 Å². The van der Waals surface area contributed by atoms with Crippen LogP contribution in [-0.4, -0.2) is 28.7 Å². The molecule has 0 saturated carbocycles. The van der Waals surface area contributed by atoms with Gasteiger partial charge in [-0.2, -0.15) is 0 Å². The van der Waals surface area contributed by atoms with Crippen LogP contribution in [0.5, 0.6) is 0 Å². The Labute approximate surface area is 92.4 Å². The van der Waals surface area contributed by atoms with Crippen LogP contribution in [0.1, 0.15) is 46.5 Å². The van der Waals surface area contributed by atoms with E-state index in [2.05, 4.69) is 6.92 Å². The molecule has 0 aromatic heterocycles. The summed E-state index contributed by atoms with van der Waals surface area (Å²) in [5.74, 6) is 5.29. The van der Waals surface area contributed by atoms with Gasteiger partial charge in [0, 0.05) is 6.54 Å². The third kappa shape index (κ3) is 6.47. The van der Waals surface area contributed by atoms with E-state index in [0.717, 1.165) is 19.3 Å². The van der Waals surface area contributed by atoms with Crippen LogP contribution in [0, 0.1) is 5.92 Å². The third-order valence-corrected chi connectivity index (χ3v) is 2.40. The maximum absolute atomic E-state index is 11.0. The monoisotopic (exact) mass is 216 g/mol. The number of hydrogen-bond acceptors (Lipinski definition) is 3. The van der Waals surface area contributed by atoms with Gasteiger partial charge < -0.3 is 5.11 Å². The Morgan fingerprint density at radius 2 is 2.00 bits per heavy atom. The molecule has 0 radical (unpaired) electrons. The van der Waals surface area contributed by atoms with Crippen molar-refractivity contribution in [3.8, 4) is 0 Å². The zero-order valence-corrected chi connectivity index (χ0v) is 10.1. The highest BCUT2D eigenvalue weighted by Crippen LogP contribution is 2.10. The predicted octanol–water partition coefficient (Wildman–Crippen LogP) is 1.85. The number of nitrogens with zero attached hydrogens (tertiary/aromatic N) is 1. The van der Waals surface area contributed by atoms with Gasteiger partial charge in [-0.15, -0.1) is 0 Å². The van der Waals surface area contributed by atoms with E-state index >= 15 is 0 Å². The number of hydrogen-bond donors (Lipinski definition) is 2. The quantitative estimate of drug-likeness (QED) is 0.369. The van der Waals surface area contributed by atoms with Crippen LogP contribution in [0.15, 0.2) is 0 Å². The van der Waals surface area contributed by atoms with Gasteiger partial charge in [-0.05, 0) is 18.8 Å². The van der Waals surface area contributed by atoms with Crippen molar-refractivity contribution >= 4 is 5.97 Å². The van der Waals surface area contributed by atoms with Crippen molar-refractivity contribution in [1.29, 1.82) is 0 Å². The number of aliphatic carboxylic acids is 1. The maximum Gasteiger partial charge on any atom is 0.322 e. The lowest BCUT2D eigenvalue weighted by Crippen LogP contribution is -2.47. The van der Waals surface area contributed by atoms with Gasteiger partial charge in [0.15, 0.2) is 0 Å². The number of carboxylic acid groups (broad SMARTS) is 1. The molecular weight excluding hydrogens is 192 g/mol. The summed E-state index contributed by atoms with van der Waals surface area (Å²) in [5, 5.41) is 10.5. The molecule has 1 atom stereocenters. The van der Waals surface area contributed by atoms with E-state index in [1.165, 1.54) is 5.01 Å². The SMILES string of the molecule is CCCCCN(N)C(CC(C)C)C(=O)O. The molecule has 0 heterocycles. The topological polar surface area (TPSA) is 66.6 Å². The van der Waals surface area contributed by atoms with Gasteiger partial charge in [-0.3, -0.25) is 10.6 Å². The molecule has 4 nitrogen and oxygen atoms in total. The minimum atomic E-state index is -0.817.